The van der Waals surface area contributed by atoms with Gasteiger partial charge in [-0.15, -0.1) is 12.6 Å². The van der Waals surface area contributed by atoms with Gasteiger partial charge in [-0.3, -0.25) is 14.4 Å². The van der Waals surface area contributed by atoms with Crippen LogP contribution in [0, 0.1) is 28.6 Å². The Bertz CT molecular complexity index is 962. The molecular formula is C24H31F2NaO5S. The molecule has 33 heavy (non-hydrogen) atoms. The number of alkyl halides is 2. The first-order chi connectivity index (χ1) is 14.8. The molecule has 1 N–H and O–H groups in total. The molecule has 3 saturated carbocycles. The van der Waals surface area contributed by atoms with Gasteiger partial charge in [0.15, 0.2) is 17.1 Å². The van der Waals surface area contributed by atoms with Crippen LogP contribution in [0.3, 0.4) is 0 Å². The van der Waals surface area contributed by atoms with Crippen LogP contribution in [0.4, 0.5) is 8.78 Å². The van der Waals surface area contributed by atoms with Gasteiger partial charge in [-0.2, -0.15) is 0 Å². The Kier molecular flexibility index (Phi) is 7.00. The number of allylic oxidation sites excluding steroid dienone is 4. The first-order valence-corrected chi connectivity index (χ1v) is 11.7. The Morgan fingerprint density at radius 3 is 2.52 bits per heavy atom. The molecule has 4 rings (SSSR count). The van der Waals surface area contributed by atoms with Gasteiger partial charge in [-0.1, -0.05) is 26.8 Å². The molecule has 9 heteroatoms. The summed E-state index contributed by atoms with van der Waals surface area (Å²) in [6.45, 7) is 6.62. The molecule has 178 valence electrons. The maximum absolute atomic E-state index is 17.1. The van der Waals surface area contributed by atoms with E-state index in [0.717, 1.165) is 6.08 Å². The molecule has 4 aliphatic rings. The number of carbonyl (C=O) groups is 3. The van der Waals surface area contributed by atoms with Crippen LogP contribution in [0.5, 0.6) is 0 Å². The van der Waals surface area contributed by atoms with Crippen LogP contribution >= 0.6 is 12.6 Å². The zero-order chi connectivity index (χ0) is 23.9. The van der Waals surface area contributed by atoms with Crippen LogP contribution in [-0.4, -0.2) is 45.5 Å². The third-order valence-corrected chi connectivity index (χ3v) is 9.38. The van der Waals surface area contributed by atoms with Crippen molar-refractivity contribution in [3.63, 3.8) is 0 Å². The number of hydrogen-bond acceptors (Lipinski definition) is 5. The van der Waals surface area contributed by atoms with Crippen molar-refractivity contribution in [3.8, 4) is 0 Å². The van der Waals surface area contributed by atoms with Crippen molar-refractivity contribution >= 4 is 29.5 Å². The summed E-state index contributed by atoms with van der Waals surface area (Å²) in [5.41, 5.74) is -6.46. The number of aliphatic hydroxyl groups excluding tert-OH is 1. The number of carbonyl (C=O) groups excluding carboxylic acids is 3. The molecule has 0 unspecified atom stereocenters. The monoisotopic (exact) mass is 492 g/mol. The van der Waals surface area contributed by atoms with Crippen LogP contribution in [0.25, 0.3) is 0 Å². The largest absolute Gasteiger partial charge is 1.00 e. The quantitative estimate of drug-likeness (QED) is 0.347. The number of rotatable bonds is 3. The van der Waals surface area contributed by atoms with Crippen molar-refractivity contribution in [1.29, 1.82) is 0 Å². The molecule has 0 aromatic carbocycles. The molecule has 0 bridgehead atoms. The van der Waals surface area contributed by atoms with Crippen molar-refractivity contribution in [1.82, 2.24) is 0 Å². The summed E-state index contributed by atoms with van der Waals surface area (Å²) in [7, 11) is 0. The Labute approximate surface area is 222 Å². The predicted octanol–water partition coefficient (Wildman–Crippen LogP) is 0.816. The minimum Gasteiger partial charge on any atom is -1.00 e. The number of ketones is 1. The molecule has 0 spiro atoms. The molecule has 5 nitrogen and oxygen atoms in total. The minimum absolute atomic E-state index is 0. The minimum atomic E-state index is -2.24. The number of halogens is 2. The first kappa shape index (κ1) is 27.1. The molecule has 0 aromatic rings. The van der Waals surface area contributed by atoms with Gasteiger partial charge < -0.3 is 11.3 Å². The second-order valence-corrected chi connectivity index (χ2v) is 10.8. The van der Waals surface area contributed by atoms with E-state index in [0.29, 0.717) is 6.42 Å². The Morgan fingerprint density at radius 2 is 1.94 bits per heavy atom. The SMILES string of the molecule is CCC(=O)O[C@]1(C(=O)S)[C@H](C)C[C@H]2[C@@H]3C[C@H](F)C4=CC(=O)C=C[C@]4(C)[C@@]3(F)[C@@H](O)C[C@@]21C.[H-].[Na+]. The van der Waals surface area contributed by atoms with E-state index in [-0.39, 0.29) is 55.8 Å². The summed E-state index contributed by atoms with van der Waals surface area (Å²) in [6.07, 6.45) is 0.619. The smallest absolute Gasteiger partial charge is 1.00 e. The van der Waals surface area contributed by atoms with E-state index in [1.165, 1.54) is 19.1 Å². The second kappa shape index (κ2) is 8.54. The Morgan fingerprint density at radius 1 is 1.30 bits per heavy atom. The summed E-state index contributed by atoms with van der Waals surface area (Å²) in [4.78, 5) is 37.2. The van der Waals surface area contributed by atoms with Crippen molar-refractivity contribution in [2.75, 3.05) is 0 Å². The molecule has 4 aliphatic carbocycles. The normalized spacial score (nSPS) is 48.1. The van der Waals surface area contributed by atoms with Crippen molar-refractivity contribution in [2.45, 2.75) is 76.9 Å². The fourth-order valence-electron chi connectivity index (χ4n) is 7.49. The number of hydrogen-bond donors (Lipinski definition) is 2. The van der Waals surface area contributed by atoms with Crippen LogP contribution in [0.15, 0.2) is 23.8 Å². The van der Waals surface area contributed by atoms with E-state index in [4.69, 9.17) is 4.74 Å². The third kappa shape index (κ3) is 3.26. The molecule has 0 aromatic heterocycles. The fourth-order valence-corrected chi connectivity index (χ4v) is 8.01. The maximum Gasteiger partial charge on any atom is 1.00 e. The summed E-state index contributed by atoms with van der Waals surface area (Å²) in [6, 6.07) is 0. The molecule has 0 amide bonds. The second-order valence-electron chi connectivity index (χ2n) is 10.4. The van der Waals surface area contributed by atoms with Crippen LogP contribution in [0.2, 0.25) is 0 Å². The topological polar surface area (TPSA) is 80.7 Å². The standard InChI is InChI=1S/C24H30F2O5S.Na.H/c1-5-19(29)31-24(20(30)32)12(2)8-14-15-10-17(25)16-9-13(27)6-7-21(16,3)23(15,26)18(28)11-22(14,24)4;;/h6-7,9,12,14-15,17-18,28H,5,8,10-11H2,1-4H3,(H,30,32);;/q;+1;-1/t12-,14+,15+,17+,18+,21+,22+,23+,24+;;/m1../s1. The molecule has 9 atom stereocenters. The van der Waals surface area contributed by atoms with Gasteiger partial charge >= 0.3 is 35.5 Å². The van der Waals surface area contributed by atoms with E-state index in [1.807, 2.05) is 0 Å². The molecular weight excluding hydrogens is 461 g/mol. The van der Waals surface area contributed by atoms with Crippen LogP contribution in [-0.2, 0) is 19.1 Å². The average Bonchev–Trinajstić information content (AvgIpc) is 2.93. The predicted molar refractivity (Wildman–Crippen MR) is 117 cm³/mol. The number of ether oxygens (including phenoxy) is 1. The van der Waals surface area contributed by atoms with Crippen molar-refractivity contribution in [2.24, 2.45) is 28.6 Å². The molecule has 0 heterocycles. The number of aliphatic hydroxyl groups is 1. The zero-order valence-corrected chi connectivity index (χ0v) is 22.6. The van der Waals surface area contributed by atoms with Gasteiger partial charge in [0.25, 0.3) is 0 Å². The number of thiol groups is 1. The van der Waals surface area contributed by atoms with E-state index < -0.39 is 69.0 Å². The molecule has 0 saturated heterocycles. The van der Waals surface area contributed by atoms with Gasteiger partial charge in [0.05, 0.1) is 6.10 Å². The van der Waals surface area contributed by atoms with Gasteiger partial charge in [0, 0.05) is 29.1 Å². The molecule has 0 aliphatic heterocycles. The van der Waals surface area contributed by atoms with E-state index in [2.05, 4.69) is 12.6 Å². The van der Waals surface area contributed by atoms with Gasteiger partial charge in [-0.25, -0.2) is 8.78 Å². The van der Waals surface area contributed by atoms with Crippen LogP contribution in [0.1, 0.15) is 54.8 Å². The van der Waals surface area contributed by atoms with E-state index in [9.17, 15) is 19.5 Å². The van der Waals surface area contributed by atoms with E-state index >= 15 is 8.78 Å². The average molecular weight is 493 g/mol. The summed E-state index contributed by atoms with van der Waals surface area (Å²) in [5, 5.41) is 10.7. The van der Waals surface area contributed by atoms with Crippen molar-refractivity contribution in [3.05, 3.63) is 23.8 Å². The third-order valence-electron chi connectivity index (χ3n) is 9.05. The van der Waals surface area contributed by atoms with Crippen molar-refractivity contribution < 1.29 is 64.0 Å². The zero-order valence-electron chi connectivity index (χ0n) is 20.7. The van der Waals surface area contributed by atoms with Gasteiger partial charge in [0.2, 0.25) is 5.12 Å². The van der Waals surface area contributed by atoms with Crippen LogP contribution < -0.4 is 29.6 Å². The van der Waals surface area contributed by atoms with Gasteiger partial charge in [-0.05, 0) is 49.8 Å². The fraction of sp³-hybridized carbons (Fsp3) is 0.708. The number of fused-ring (bicyclic) bond motifs is 5. The summed E-state index contributed by atoms with van der Waals surface area (Å²) < 4.78 is 38.3. The summed E-state index contributed by atoms with van der Waals surface area (Å²) in [5.74, 6) is -2.94. The maximum atomic E-state index is 17.1. The van der Waals surface area contributed by atoms with E-state index in [1.54, 1.807) is 20.8 Å². The van der Waals surface area contributed by atoms with Gasteiger partial charge in [0.1, 0.15) is 6.17 Å². The summed E-state index contributed by atoms with van der Waals surface area (Å²) >= 11 is 4.09. The first-order valence-electron chi connectivity index (χ1n) is 11.2. The number of esters is 1. The molecule has 3 fully saturated rings. The Hall–Kier alpha value is -0.540. The Balaban J connectivity index is 0.00000204. The molecule has 0 radical (unpaired) electrons.